The summed E-state index contributed by atoms with van der Waals surface area (Å²) in [6.07, 6.45) is -6.13. The maximum atomic E-state index is 13.9. The molecule has 0 saturated heterocycles. The molecule has 11 heteroatoms. The molecule has 1 unspecified atom stereocenters. The first-order valence-corrected chi connectivity index (χ1v) is 8.93. The molecule has 0 aliphatic rings. The van der Waals surface area contributed by atoms with Crippen molar-refractivity contribution in [3.63, 3.8) is 0 Å². The lowest BCUT2D eigenvalue weighted by atomic mass is 10.2. The Morgan fingerprint density at radius 1 is 1.24 bits per heavy atom. The zero-order valence-electron chi connectivity index (χ0n) is 12.5. The van der Waals surface area contributed by atoms with E-state index in [1.54, 1.807) is 0 Å². The number of halogens is 4. The van der Waals surface area contributed by atoms with Crippen LogP contribution in [-0.2, 0) is 20.8 Å². The van der Waals surface area contributed by atoms with Crippen LogP contribution in [-0.4, -0.2) is 25.5 Å². The minimum absolute atomic E-state index is 0.0804. The highest BCUT2D eigenvalue weighted by molar-refractivity contribution is 7.93. The van der Waals surface area contributed by atoms with Crippen LogP contribution < -0.4 is 5.32 Å². The lowest BCUT2D eigenvalue weighted by Gasteiger charge is -2.09. The number of benzene rings is 1. The Morgan fingerprint density at radius 3 is 2.40 bits per heavy atom. The van der Waals surface area contributed by atoms with Gasteiger partial charge in [-0.05, 0) is 37.3 Å². The molecule has 0 saturated carbocycles. The van der Waals surface area contributed by atoms with Gasteiger partial charge in [0.05, 0.1) is 10.6 Å². The van der Waals surface area contributed by atoms with E-state index in [0.717, 1.165) is 6.07 Å². The average molecular weight is 397 g/mol. The number of aliphatic hydroxyl groups is 1. The van der Waals surface area contributed by atoms with Crippen molar-refractivity contribution in [1.29, 1.82) is 0 Å². The molecule has 1 atom stereocenters. The summed E-state index contributed by atoms with van der Waals surface area (Å²) in [6, 6.07) is 3.42. The van der Waals surface area contributed by atoms with Crippen molar-refractivity contribution in [3.05, 3.63) is 41.7 Å². The molecule has 25 heavy (non-hydrogen) atoms. The Balaban J connectivity index is 2.37. The van der Waals surface area contributed by atoms with Crippen LogP contribution in [0.2, 0.25) is 0 Å². The maximum absolute atomic E-state index is 13.9. The summed E-state index contributed by atoms with van der Waals surface area (Å²) in [5.41, 5.74) is -1.31. The second-order valence-corrected chi connectivity index (χ2v) is 8.16. The number of nitrogens with one attached hydrogen (secondary N) is 1. The topological polar surface area (TPSA) is 83.5 Å². The fraction of sp³-hybridized carbons (Fsp3) is 0.214. The van der Waals surface area contributed by atoms with E-state index in [0.29, 0.717) is 23.5 Å². The molecule has 1 amide bonds. The van der Waals surface area contributed by atoms with Crippen molar-refractivity contribution >= 4 is 32.1 Å². The van der Waals surface area contributed by atoms with Crippen molar-refractivity contribution in [1.82, 2.24) is 0 Å². The van der Waals surface area contributed by atoms with Crippen molar-refractivity contribution in [2.75, 3.05) is 5.32 Å². The maximum Gasteiger partial charge on any atom is 0.416 e. The van der Waals surface area contributed by atoms with Gasteiger partial charge in [-0.3, -0.25) is 4.79 Å². The molecule has 2 N–H and O–H groups in total. The van der Waals surface area contributed by atoms with Gasteiger partial charge < -0.3 is 10.4 Å². The molecule has 0 bridgehead atoms. The van der Waals surface area contributed by atoms with Crippen molar-refractivity contribution in [2.24, 2.45) is 0 Å². The van der Waals surface area contributed by atoms with Crippen LogP contribution in [0.1, 0.15) is 12.5 Å². The van der Waals surface area contributed by atoms with E-state index < -0.39 is 44.3 Å². The van der Waals surface area contributed by atoms with Gasteiger partial charge in [-0.2, -0.15) is 13.2 Å². The molecule has 1 aromatic heterocycles. The minimum atomic E-state index is -4.80. The van der Waals surface area contributed by atoms with Crippen LogP contribution in [0.5, 0.6) is 0 Å². The fourth-order valence-corrected chi connectivity index (χ4v) is 4.41. The zero-order valence-corrected chi connectivity index (χ0v) is 14.1. The molecular weight excluding hydrogens is 386 g/mol. The van der Waals surface area contributed by atoms with Gasteiger partial charge in [0.1, 0.15) is 21.0 Å². The Morgan fingerprint density at radius 2 is 1.88 bits per heavy atom. The molecule has 136 valence electrons. The van der Waals surface area contributed by atoms with Gasteiger partial charge in [0.25, 0.3) is 5.91 Å². The highest BCUT2D eigenvalue weighted by atomic mass is 32.2. The van der Waals surface area contributed by atoms with E-state index in [1.165, 1.54) is 13.0 Å². The third-order valence-electron chi connectivity index (χ3n) is 3.02. The lowest BCUT2D eigenvalue weighted by molar-refractivity contribution is -0.137. The smallest absolute Gasteiger partial charge is 0.384 e. The number of aliphatic hydroxyl groups excluding tert-OH is 1. The number of alkyl halides is 3. The van der Waals surface area contributed by atoms with Crippen LogP contribution in [0.15, 0.2) is 39.4 Å². The molecule has 0 aliphatic carbocycles. The fourth-order valence-electron chi connectivity index (χ4n) is 1.76. The molecule has 1 heterocycles. The molecule has 0 aliphatic heterocycles. The van der Waals surface area contributed by atoms with Gasteiger partial charge in [0.15, 0.2) is 0 Å². The molecular formula is C14H11F4NO4S2. The van der Waals surface area contributed by atoms with Gasteiger partial charge in [0.2, 0.25) is 9.84 Å². The lowest BCUT2D eigenvalue weighted by Crippen LogP contribution is -2.23. The second-order valence-electron chi connectivity index (χ2n) is 4.93. The third kappa shape index (κ3) is 4.17. The van der Waals surface area contributed by atoms with Crippen molar-refractivity contribution < 1.29 is 35.9 Å². The molecule has 0 fully saturated rings. The van der Waals surface area contributed by atoms with Crippen molar-refractivity contribution in [3.8, 4) is 0 Å². The predicted octanol–water partition coefficient (Wildman–Crippen LogP) is 3.06. The third-order valence-corrected chi connectivity index (χ3v) is 6.30. The molecule has 0 radical (unpaired) electrons. The van der Waals surface area contributed by atoms with E-state index in [-0.39, 0.29) is 15.3 Å². The molecule has 1 aromatic carbocycles. The monoisotopic (exact) mass is 397 g/mol. The van der Waals surface area contributed by atoms with E-state index in [9.17, 15) is 30.8 Å². The molecule has 0 spiro atoms. The summed E-state index contributed by atoms with van der Waals surface area (Å²) in [5.74, 6) is -2.30. The second kappa shape index (κ2) is 6.73. The van der Waals surface area contributed by atoms with Gasteiger partial charge in [-0.15, -0.1) is 11.3 Å². The van der Waals surface area contributed by atoms with Gasteiger partial charge in [-0.25, -0.2) is 12.8 Å². The predicted molar refractivity (Wildman–Crippen MR) is 81.5 cm³/mol. The van der Waals surface area contributed by atoms with Crippen LogP contribution in [0.25, 0.3) is 0 Å². The standard InChI is InChI=1S/C14H11F4NO4S2/c1-7(20)13(21)19-11-4-5-12(24-11)25(22,23)10-3-2-8(6-9(10)15)14(16,17)18/h2-7,20H,1H3,(H,19,21). The normalized spacial score (nSPS) is 13.5. The van der Waals surface area contributed by atoms with E-state index in [4.69, 9.17) is 5.11 Å². The first-order chi connectivity index (χ1) is 11.4. The molecule has 5 nitrogen and oxygen atoms in total. The first kappa shape index (κ1) is 19.3. The van der Waals surface area contributed by atoms with E-state index >= 15 is 0 Å². The minimum Gasteiger partial charge on any atom is -0.384 e. The Hall–Kier alpha value is -1.98. The van der Waals surface area contributed by atoms with Crippen LogP contribution in [0, 0.1) is 5.82 Å². The summed E-state index contributed by atoms with van der Waals surface area (Å²) in [4.78, 5) is 10.4. The summed E-state index contributed by atoms with van der Waals surface area (Å²) in [5, 5.41) is 11.4. The highest BCUT2D eigenvalue weighted by Crippen LogP contribution is 2.35. The largest absolute Gasteiger partial charge is 0.416 e. The summed E-state index contributed by atoms with van der Waals surface area (Å²) in [7, 11) is -4.40. The number of hydrogen-bond donors (Lipinski definition) is 2. The summed E-state index contributed by atoms with van der Waals surface area (Å²) >= 11 is 0.579. The number of sulfone groups is 1. The number of thiophene rings is 1. The Labute approximate surface area is 143 Å². The summed E-state index contributed by atoms with van der Waals surface area (Å²) in [6.45, 7) is 1.21. The van der Waals surface area contributed by atoms with Crippen molar-refractivity contribution in [2.45, 2.75) is 28.3 Å². The quantitative estimate of drug-likeness (QED) is 0.777. The number of amides is 1. The van der Waals surface area contributed by atoms with Crippen LogP contribution in [0.3, 0.4) is 0 Å². The number of carbonyl (C=O) groups excluding carboxylic acids is 1. The first-order valence-electron chi connectivity index (χ1n) is 6.63. The average Bonchev–Trinajstić information content (AvgIpc) is 2.95. The summed E-state index contributed by atoms with van der Waals surface area (Å²) < 4.78 is 75.9. The number of rotatable bonds is 4. The molecule has 2 aromatic rings. The number of anilines is 1. The number of carbonyl (C=O) groups is 1. The van der Waals surface area contributed by atoms with E-state index in [2.05, 4.69) is 5.32 Å². The Kier molecular flexibility index (Phi) is 5.21. The van der Waals surface area contributed by atoms with Gasteiger partial charge in [0, 0.05) is 0 Å². The van der Waals surface area contributed by atoms with E-state index in [1.807, 2.05) is 0 Å². The number of hydrogen-bond acceptors (Lipinski definition) is 5. The van der Waals surface area contributed by atoms with Crippen LogP contribution >= 0.6 is 11.3 Å². The highest BCUT2D eigenvalue weighted by Gasteiger charge is 2.33. The Bertz CT molecular complexity index is 904. The van der Waals surface area contributed by atoms with Gasteiger partial charge in [-0.1, -0.05) is 0 Å². The van der Waals surface area contributed by atoms with Gasteiger partial charge >= 0.3 is 6.18 Å². The van der Waals surface area contributed by atoms with Crippen LogP contribution in [0.4, 0.5) is 22.6 Å². The SMILES string of the molecule is CC(O)C(=O)Nc1ccc(S(=O)(=O)c2ccc(C(F)(F)F)cc2F)s1. The molecule has 2 rings (SSSR count). The zero-order chi connectivity index (χ0) is 19.0.